The molecule has 2 rings (SSSR count). The number of nitrogens with one attached hydrogen (secondary N) is 2. The molecule has 21 heavy (non-hydrogen) atoms. The van der Waals surface area contributed by atoms with Gasteiger partial charge in [0.2, 0.25) is 0 Å². The van der Waals surface area contributed by atoms with Crippen molar-refractivity contribution in [1.29, 1.82) is 0 Å². The molecule has 0 radical (unpaired) electrons. The van der Waals surface area contributed by atoms with Gasteiger partial charge in [-0.25, -0.2) is 4.79 Å². The van der Waals surface area contributed by atoms with Crippen LogP contribution in [0.3, 0.4) is 0 Å². The molecule has 0 spiro atoms. The molecule has 0 unspecified atom stereocenters. The van der Waals surface area contributed by atoms with E-state index in [-0.39, 0.29) is 12.1 Å². The van der Waals surface area contributed by atoms with Crippen LogP contribution in [0.2, 0.25) is 0 Å². The first kappa shape index (κ1) is 15.4. The third-order valence-corrected chi connectivity index (χ3v) is 3.32. The van der Waals surface area contributed by atoms with Crippen molar-refractivity contribution in [2.45, 2.75) is 18.9 Å². The molecule has 2 amide bonds. The van der Waals surface area contributed by atoms with E-state index in [0.717, 1.165) is 29.9 Å². The zero-order valence-corrected chi connectivity index (χ0v) is 12.5. The Bertz CT molecular complexity index is 479. The second kappa shape index (κ2) is 7.73. The Morgan fingerprint density at radius 1 is 1.43 bits per heavy atom. The molecule has 1 aliphatic rings. The Kier molecular flexibility index (Phi) is 5.68. The number of ether oxygens (including phenoxy) is 3. The van der Waals surface area contributed by atoms with E-state index >= 15 is 0 Å². The second-order valence-corrected chi connectivity index (χ2v) is 4.93. The van der Waals surface area contributed by atoms with Gasteiger partial charge in [-0.2, -0.15) is 0 Å². The number of hydrogen-bond donors (Lipinski definition) is 2. The first-order valence-corrected chi connectivity index (χ1v) is 7.06. The summed E-state index contributed by atoms with van der Waals surface area (Å²) < 4.78 is 15.8. The summed E-state index contributed by atoms with van der Waals surface area (Å²) in [5.74, 6) is 1.65. The highest BCUT2D eigenvalue weighted by Gasteiger charge is 2.21. The molecule has 0 aromatic heterocycles. The lowest BCUT2D eigenvalue weighted by Crippen LogP contribution is -2.47. The third kappa shape index (κ3) is 4.53. The molecule has 0 aliphatic carbocycles. The molecule has 1 aliphatic heterocycles. The van der Waals surface area contributed by atoms with Crippen LogP contribution in [0.4, 0.5) is 4.79 Å². The van der Waals surface area contributed by atoms with Crippen molar-refractivity contribution in [2.75, 3.05) is 34.0 Å². The molecule has 0 bridgehead atoms. The molecular weight excluding hydrogens is 272 g/mol. The van der Waals surface area contributed by atoms with Gasteiger partial charge in [-0.3, -0.25) is 0 Å². The lowest BCUT2D eigenvalue weighted by atomic mass is 10.0. The van der Waals surface area contributed by atoms with Gasteiger partial charge >= 0.3 is 6.03 Å². The lowest BCUT2D eigenvalue weighted by molar-refractivity contribution is 0.191. The Balaban J connectivity index is 1.82. The van der Waals surface area contributed by atoms with Crippen molar-refractivity contribution in [1.82, 2.24) is 10.6 Å². The fraction of sp³-hybridized carbons (Fsp3) is 0.533. The predicted molar refractivity (Wildman–Crippen MR) is 79.0 cm³/mol. The van der Waals surface area contributed by atoms with E-state index in [1.807, 2.05) is 18.2 Å². The first-order valence-electron chi connectivity index (χ1n) is 7.06. The number of carbonyl (C=O) groups is 1. The summed E-state index contributed by atoms with van der Waals surface area (Å²) in [6, 6.07) is 5.50. The number of methoxy groups -OCH3 is 2. The number of urea groups is 1. The molecule has 116 valence electrons. The van der Waals surface area contributed by atoms with Gasteiger partial charge < -0.3 is 24.8 Å². The standard InChI is InChI=1S/C15H22N2O4/c1-19-7-3-6-16-15(18)17-12-8-11-9-13(20-2)4-5-14(11)21-10-12/h4-5,9,12H,3,6-8,10H2,1-2H3,(H2,16,17,18)/t12-/m0/s1. The predicted octanol–water partition coefficient (Wildman–Crippen LogP) is 1.33. The average molecular weight is 294 g/mol. The maximum Gasteiger partial charge on any atom is 0.315 e. The minimum atomic E-state index is -0.175. The third-order valence-electron chi connectivity index (χ3n) is 3.32. The number of carbonyl (C=O) groups excluding carboxylic acids is 1. The highest BCUT2D eigenvalue weighted by molar-refractivity contribution is 5.74. The number of benzene rings is 1. The number of rotatable bonds is 6. The van der Waals surface area contributed by atoms with E-state index in [0.29, 0.717) is 19.8 Å². The smallest absolute Gasteiger partial charge is 0.315 e. The molecule has 2 N–H and O–H groups in total. The van der Waals surface area contributed by atoms with Gasteiger partial charge in [0, 0.05) is 20.3 Å². The van der Waals surface area contributed by atoms with Crippen molar-refractivity contribution in [3.63, 3.8) is 0 Å². The largest absolute Gasteiger partial charge is 0.497 e. The monoisotopic (exact) mass is 294 g/mol. The van der Waals surface area contributed by atoms with Crippen LogP contribution in [0, 0.1) is 0 Å². The van der Waals surface area contributed by atoms with Crippen LogP contribution < -0.4 is 20.1 Å². The summed E-state index contributed by atoms with van der Waals surface area (Å²) in [6.45, 7) is 1.71. The quantitative estimate of drug-likeness (QED) is 0.777. The second-order valence-electron chi connectivity index (χ2n) is 4.93. The van der Waals surface area contributed by atoms with E-state index < -0.39 is 0 Å². The summed E-state index contributed by atoms with van der Waals surface area (Å²) in [6.07, 6.45) is 1.53. The van der Waals surface area contributed by atoms with Crippen LogP contribution in [0.25, 0.3) is 0 Å². The molecule has 1 aromatic rings. The summed E-state index contributed by atoms with van der Waals surface area (Å²) >= 11 is 0. The maximum atomic E-state index is 11.8. The zero-order valence-electron chi connectivity index (χ0n) is 12.5. The van der Waals surface area contributed by atoms with Crippen molar-refractivity contribution in [3.8, 4) is 11.5 Å². The Labute approximate surface area is 124 Å². The van der Waals surface area contributed by atoms with Crippen LogP contribution >= 0.6 is 0 Å². The summed E-state index contributed by atoms with van der Waals surface area (Å²) in [7, 11) is 3.28. The summed E-state index contributed by atoms with van der Waals surface area (Å²) in [4.78, 5) is 11.8. The van der Waals surface area contributed by atoms with E-state index in [4.69, 9.17) is 14.2 Å². The Morgan fingerprint density at radius 3 is 3.05 bits per heavy atom. The summed E-state index contributed by atoms with van der Waals surface area (Å²) in [5.41, 5.74) is 1.05. The molecule has 1 heterocycles. The van der Waals surface area contributed by atoms with E-state index in [2.05, 4.69) is 10.6 Å². The van der Waals surface area contributed by atoms with Crippen LogP contribution in [0.15, 0.2) is 18.2 Å². The van der Waals surface area contributed by atoms with Gasteiger partial charge in [-0.15, -0.1) is 0 Å². The maximum absolute atomic E-state index is 11.8. The fourth-order valence-electron chi connectivity index (χ4n) is 2.25. The SMILES string of the molecule is COCCCNC(=O)N[C@@H]1COc2ccc(OC)cc2C1. The normalized spacial score (nSPS) is 16.6. The number of hydrogen-bond acceptors (Lipinski definition) is 4. The van der Waals surface area contributed by atoms with E-state index in [9.17, 15) is 4.79 Å². The Hall–Kier alpha value is -1.95. The van der Waals surface area contributed by atoms with Gasteiger partial charge in [0.25, 0.3) is 0 Å². The average Bonchev–Trinajstić information content (AvgIpc) is 2.51. The zero-order chi connectivity index (χ0) is 15.1. The van der Waals surface area contributed by atoms with Crippen LogP contribution in [-0.4, -0.2) is 46.1 Å². The van der Waals surface area contributed by atoms with Gasteiger partial charge in [0.1, 0.15) is 18.1 Å². The van der Waals surface area contributed by atoms with E-state index in [1.54, 1.807) is 14.2 Å². The highest BCUT2D eigenvalue weighted by atomic mass is 16.5. The lowest BCUT2D eigenvalue weighted by Gasteiger charge is -2.26. The van der Waals surface area contributed by atoms with Crippen molar-refractivity contribution < 1.29 is 19.0 Å². The van der Waals surface area contributed by atoms with Crippen LogP contribution in [0.1, 0.15) is 12.0 Å². The highest BCUT2D eigenvalue weighted by Crippen LogP contribution is 2.28. The van der Waals surface area contributed by atoms with Crippen molar-refractivity contribution >= 4 is 6.03 Å². The molecule has 6 heteroatoms. The molecule has 0 saturated carbocycles. The first-order chi connectivity index (χ1) is 10.2. The molecular formula is C15H22N2O4. The van der Waals surface area contributed by atoms with Crippen molar-refractivity contribution in [2.24, 2.45) is 0 Å². The van der Waals surface area contributed by atoms with Gasteiger partial charge in [0.15, 0.2) is 0 Å². The topological polar surface area (TPSA) is 68.8 Å². The Morgan fingerprint density at radius 2 is 2.29 bits per heavy atom. The van der Waals surface area contributed by atoms with Crippen LogP contribution in [0.5, 0.6) is 11.5 Å². The molecule has 6 nitrogen and oxygen atoms in total. The molecule has 0 saturated heterocycles. The molecule has 1 aromatic carbocycles. The number of amides is 2. The molecule has 0 fully saturated rings. The van der Waals surface area contributed by atoms with Gasteiger partial charge in [-0.05, 0) is 36.6 Å². The molecule has 1 atom stereocenters. The minimum absolute atomic E-state index is 0.0352. The fourth-order valence-corrected chi connectivity index (χ4v) is 2.25. The van der Waals surface area contributed by atoms with E-state index in [1.165, 1.54) is 0 Å². The van der Waals surface area contributed by atoms with Gasteiger partial charge in [-0.1, -0.05) is 0 Å². The summed E-state index contributed by atoms with van der Waals surface area (Å²) in [5, 5.41) is 5.72. The van der Waals surface area contributed by atoms with Crippen LogP contribution in [-0.2, 0) is 11.2 Å². The van der Waals surface area contributed by atoms with Crippen molar-refractivity contribution in [3.05, 3.63) is 23.8 Å². The minimum Gasteiger partial charge on any atom is -0.497 e. The van der Waals surface area contributed by atoms with Gasteiger partial charge in [0.05, 0.1) is 13.2 Å². The number of fused-ring (bicyclic) bond motifs is 1.